The lowest BCUT2D eigenvalue weighted by Crippen LogP contribution is -2.25. The maximum atomic E-state index is 13.1. The number of hydrogen-bond donors (Lipinski definition) is 3. The molecule has 1 aromatic heterocycles. The number of H-pyrrole nitrogens is 1. The van der Waals surface area contributed by atoms with E-state index in [0.29, 0.717) is 33.8 Å². The van der Waals surface area contributed by atoms with Gasteiger partial charge in [-0.3, -0.25) is 9.89 Å². The van der Waals surface area contributed by atoms with Crippen molar-refractivity contribution < 1.29 is 14.3 Å². The number of nitrogens with one attached hydrogen (secondary N) is 3. The van der Waals surface area contributed by atoms with Gasteiger partial charge in [-0.05, 0) is 30.3 Å². The molecule has 26 heavy (non-hydrogen) atoms. The molecule has 0 fully saturated rings. The molecule has 0 aliphatic heterocycles. The van der Waals surface area contributed by atoms with Crippen molar-refractivity contribution in [2.45, 2.75) is 0 Å². The number of rotatable bonds is 3. The van der Waals surface area contributed by atoms with E-state index in [1.165, 1.54) is 7.05 Å². The van der Waals surface area contributed by atoms with E-state index in [2.05, 4.69) is 20.8 Å². The van der Waals surface area contributed by atoms with Crippen molar-refractivity contribution in [3.8, 4) is 28.3 Å². The van der Waals surface area contributed by atoms with Crippen LogP contribution in [-0.2, 0) is 0 Å². The van der Waals surface area contributed by atoms with Crippen molar-refractivity contribution in [3.05, 3.63) is 53.6 Å². The number of amides is 2. The van der Waals surface area contributed by atoms with Crippen LogP contribution in [-0.4, -0.2) is 36.2 Å². The predicted molar refractivity (Wildman–Crippen MR) is 97.5 cm³/mol. The van der Waals surface area contributed by atoms with Crippen molar-refractivity contribution >= 4 is 17.5 Å². The van der Waals surface area contributed by atoms with Crippen molar-refractivity contribution in [2.24, 2.45) is 0 Å². The van der Waals surface area contributed by atoms with E-state index >= 15 is 0 Å². The quantitative estimate of drug-likeness (QED) is 0.530. The van der Waals surface area contributed by atoms with Gasteiger partial charge in [0.15, 0.2) is 5.78 Å². The molecule has 1 aliphatic carbocycles. The summed E-state index contributed by atoms with van der Waals surface area (Å²) in [4.78, 5) is 24.8. The van der Waals surface area contributed by atoms with Gasteiger partial charge < -0.3 is 15.4 Å². The first kappa shape index (κ1) is 15.9. The maximum Gasteiger partial charge on any atom is 0.318 e. The van der Waals surface area contributed by atoms with Gasteiger partial charge in [0.1, 0.15) is 11.4 Å². The number of anilines is 1. The first-order valence-electron chi connectivity index (χ1n) is 8.03. The molecule has 7 nitrogen and oxygen atoms in total. The number of fused-ring (bicyclic) bond motifs is 3. The first-order valence-corrected chi connectivity index (χ1v) is 8.03. The molecule has 0 bridgehead atoms. The summed E-state index contributed by atoms with van der Waals surface area (Å²) in [6.07, 6.45) is 0. The molecule has 0 saturated carbocycles. The Labute approximate surface area is 149 Å². The monoisotopic (exact) mass is 348 g/mol. The summed E-state index contributed by atoms with van der Waals surface area (Å²) in [5.74, 6) is 0.568. The van der Waals surface area contributed by atoms with Gasteiger partial charge in [-0.2, -0.15) is 5.10 Å². The number of urea groups is 1. The number of nitrogens with zero attached hydrogens (tertiary/aromatic N) is 1. The zero-order valence-electron chi connectivity index (χ0n) is 14.2. The summed E-state index contributed by atoms with van der Waals surface area (Å²) in [5, 5.41) is 12.5. The van der Waals surface area contributed by atoms with E-state index in [1.54, 1.807) is 19.2 Å². The van der Waals surface area contributed by atoms with Gasteiger partial charge in [0.25, 0.3) is 0 Å². The van der Waals surface area contributed by atoms with Crippen LogP contribution in [0.3, 0.4) is 0 Å². The van der Waals surface area contributed by atoms with Crippen LogP contribution in [0.25, 0.3) is 22.5 Å². The third-order valence-electron chi connectivity index (χ3n) is 4.39. The fourth-order valence-electron chi connectivity index (χ4n) is 3.13. The maximum absolute atomic E-state index is 13.1. The zero-order valence-corrected chi connectivity index (χ0v) is 14.2. The largest absolute Gasteiger partial charge is 0.497 e. The normalized spacial score (nSPS) is 11.7. The molecule has 1 aliphatic rings. The van der Waals surface area contributed by atoms with Crippen LogP contribution in [0.5, 0.6) is 5.75 Å². The SMILES string of the molecule is CNC(=O)Nc1cccc2c1C(=O)c1c-2n[nH]c1-c1ccc(OC)cc1. The summed E-state index contributed by atoms with van der Waals surface area (Å²) in [6, 6.07) is 12.3. The average Bonchev–Trinajstić information content (AvgIpc) is 3.22. The van der Waals surface area contributed by atoms with Gasteiger partial charge in [-0.1, -0.05) is 12.1 Å². The third kappa shape index (κ3) is 2.33. The Morgan fingerprint density at radius 2 is 1.88 bits per heavy atom. The topological polar surface area (TPSA) is 96.1 Å². The number of methoxy groups -OCH3 is 1. The molecular formula is C19H16N4O3. The molecule has 7 heteroatoms. The van der Waals surface area contributed by atoms with Crippen LogP contribution in [0, 0.1) is 0 Å². The Bertz CT molecular complexity index is 1020. The van der Waals surface area contributed by atoms with Gasteiger partial charge in [-0.15, -0.1) is 0 Å². The Morgan fingerprint density at radius 1 is 1.12 bits per heavy atom. The number of carbonyl (C=O) groups is 2. The Hall–Kier alpha value is -3.61. The Morgan fingerprint density at radius 3 is 2.58 bits per heavy atom. The van der Waals surface area contributed by atoms with E-state index in [1.807, 2.05) is 30.3 Å². The van der Waals surface area contributed by atoms with Gasteiger partial charge in [-0.25, -0.2) is 4.79 Å². The Kier molecular flexibility index (Phi) is 3.69. The number of hydrogen-bond acceptors (Lipinski definition) is 4. The molecule has 0 radical (unpaired) electrons. The standard InChI is InChI=1S/C19H16N4O3/c1-20-19(25)21-13-5-3-4-12-14(13)18(24)15-16(22-23-17(12)15)10-6-8-11(26-2)9-7-10/h3-9H,1-2H3,(H,22,23)(H2,20,21,25). The number of ether oxygens (including phenoxy) is 1. The van der Waals surface area contributed by atoms with Crippen molar-refractivity contribution in [1.82, 2.24) is 15.5 Å². The lowest BCUT2D eigenvalue weighted by Gasteiger charge is -2.09. The highest BCUT2D eigenvalue weighted by Crippen LogP contribution is 2.42. The molecule has 0 saturated heterocycles. The minimum Gasteiger partial charge on any atom is -0.497 e. The predicted octanol–water partition coefficient (Wildman–Crippen LogP) is 3.05. The van der Waals surface area contributed by atoms with Gasteiger partial charge >= 0.3 is 6.03 Å². The van der Waals surface area contributed by atoms with Crippen LogP contribution in [0.1, 0.15) is 15.9 Å². The van der Waals surface area contributed by atoms with Crippen LogP contribution < -0.4 is 15.4 Å². The summed E-state index contributed by atoms with van der Waals surface area (Å²) < 4.78 is 5.18. The number of aromatic amines is 1. The van der Waals surface area contributed by atoms with Crippen molar-refractivity contribution in [1.29, 1.82) is 0 Å². The lowest BCUT2D eigenvalue weighted by atomic mass is 10.0. The molecule has 2 amide bonds. The number of ketones is 1. The minimum absolute atomic E-state index is 0.165. The summed E-state index contributed by atoms with van der Waals surface area (Å²) >= 11 is 0. The molecule has 1 heterocycles. The van der Waals surface area contributed by atoms with Gasteiger partial charge in [0.2, 0.25) is 0 Å². The van der Waals surface area contributed by atoms with Crippen LogP contribution in [0.2, 0.25) is 0 Å². The number of carbonyl (C=O) groups excluding carboxylic acids is 2. The van der Waals surface area contributed by atoms with E-state index in [9.17, 15) is 9.59 Å². The molecule has 0 spiro atoms. The average molecular weight is 348 g/mol. The molecule has 0 unspecified atom stereocenters. The third-order valence-corrected chi connectivity index (χ3v) is 4.39. The zero-order chi connectivity index (χ0) is 18.3. The van der Waals surface area contributed by atoms with E-state index in [-0.39, 0.29) is 11.8 Å². The molecule has 3 N–H and O–H groups in total. The summed E-state index contributed by atoms with van der Waals surface area (Å²) in [5.41, 5.74) is 4.21. The van der Waals surface area contributed by atoms with E-state index < -0.39 is 0 Å². The number of aromatic nitrogens is 2. The second-order valence-electron chi connectivity index (χ2n) is 5.81. The smallest absolute Gasteiger partial charge is 0.318 e. The fraction of sp³-hybridized carbons (Fsp3) is 0.105. The highest BCUT2D eigenvalue weighted by Gasteiger charge is 2.35. The molecular weight excluding hydrogens is 332 g/mol. The van der Waals surface area contributed by atoms with E-state index in [0.717, 1.165) is 11.3 Å². The van der Waals surface area contributed by atoms with Gasteiger partial charge in [0, 0.05) is 18.2 Å². The first-order chi connectivity index (χ1) is 12.6. The highest BCUT2D eigenvalue weighted by molar-refractivity contribution is 6.26. The summed E-state index contributed by atoms with van der Waals surface area (Å²) in [7, 11) is 3.12. The van der Waals surface area contributed by atoms with E-state index in [4.69, 9.17) is 4.74 Å². The molecule has 130 valence electrons. The second-order valence-corrected chi connectivity index (χ2v) is 5.81. The number of benzene rings is 2. The Balaban J connectivity index is 1.80. The molecule has 0 atom stereocenters. The van der Waals surface area contributed by atoms with Crippen LogP contribution in [0.4, 0.5) is 10.5 Å². The lowest BCUT2D eigenvalue weighted by molar-refractivity contribution is 0.104. The fourth-order valence-corrected chi connectivity index (χ4v) is 3.13. The molecule has 2 aromatic carbocycles. The molecule has 4 rings (SSSR count). The van der Waals surface area contributed by atoms with Crippen LogP contribution in [0.15, 0.2) is 42.5 Å². The minimum atomic E-state index is -0.382. The van der Waals surface area contributed by atoms with Crippen LogP contribution >= 0.6 is 0 Å². The highest BCUT2D eigenvalue weighted by atomic mass is 16.5. The van der Waals surface area contributed by atoms with Crippen molar-refractivity contribution in [2.75, 3.05) is 19.5 Å². The van der Waals surface area contributed by atoms with Crippen molar-refractivity contribution in [3.63, 3.8) is 0 Å². The molecule has 3 aromatic rings. The summed E-state index contributed by atoms with van der Waals surface area (Å²) in [6.45, 7) is 0. The second kappa shape index (κ2) is 6.03. The van der Waals surface area contributed by atoms with Gasteiger partial charge in [0.05, 0.1) is 29.6 Å².